The van der Waals surface area contributed by atoms with Crippen LogP contribution < -0.4 is 5.32 Å². The van der Waals surface area contributed by atoms with Crippen molar-refractivity contribution >= 4 is 5.91 Å². The van der Waals surface area contributed by atoms with Crippen molar-refractivity contribution in [2.75, 3.05) is 39.4 Å². The third-order valence-corrected chi connectivity index (χ3v) is 1.93. The Balaban J connectivity index is 2.17. The molecule has 1 heterocycles. The first-order valence-electron chi connectivity index (χ1n) is 4.51. The molecule has 0 aromatic rings. The zero-order chi connectivity index (χ0) is 9.52. The lowest BCUT2D eigenvalue weighted by atomic mass is 10.4. The molecule has 1 fully saturated rings. The van der Waals surface area contributed by atoms with E-state index in [9.17, 15) is 4.79 Å². The zero-order valence-corrected chi connectivity index (χ0v) is 7.79. The molecule has 13 heavy (non-hydrogen) atoms. The van der Waals surface area contributed by atoms with Crippen molar-refractivity contribution in [3.05, 3.63) is 12.7 Å². The summed E-state index contributed by atoms with van der Waals surface area (Å²) in [5.74, 6) is 0.144. The van der Waals surface area contributed by atoms with Crippen molar-refractivity contribution in [2.24, 2.45) is 0 Å². The first-order valence-corrected chi connectivity index (χ1v) is 4.51. The highest BCUT2D eigenvalue weighted by Gasteiger charge is 2.15. The lowest BCUT2D eigenvalue weighted by molar-refractivity contribution is -0.134. The predicted octanol–water partition coefficient (Wildman–Crippen LogP) is -0.379. The van der Waals surface area contributed by atoms with Crippen LogP contribution in [0.15, 0.2) is 12.7 Å². The third-order valence-electron chi connectivity index (χ3n) is 1.93. The Morgan fingerprint density at radius 1 is 1.54 bits per heavy atom. The van der Waals surface area contributed by atoms with Crippen LogP contribution in [0, 0.1) is 0 Å². The largest absolute Gasteiger partial charge is 0.378 e. The fraction of sp³-hybridized carbons (Fsp3) is 0.667. The second-order valence-corrected chi connectivity index (χ2v) is 2.91. The van der Waals surface area contributed by atoms with Gasteiger partial charge in [0.25, 0.3) is 0 Å². The molecule has 74 valence electrons. The molecule has 0 aliphatic carbocycles. The van der Waals surface area contributed by atoms with Gasteiger partial charge in [-0.1, -0.05) is 6.08 Å². The molecule has 0 radical (unpaired) electrons. The van der Waals surface area contributed by atoms with Crippen molar-refractivity contribution in [2.45, 2.75) is 0 Å². The van der Waals surface area contributed by atoms with Crippen LogP contribution in [0.4, 0.5) is 0 Å². The summed E-state index contributed by atoms with van der Waals surface area (Å²) < 4.78 is 5.15. The van der Waals surface area contributed by atoms with E-state index in [0.29, 0.717) is 39.4 Å². The van der Waals surface area contributed by atoms with Crippen LogP contribution in [0.25, 0.3) is 0 Å². The third kappa shape index (κ3) is 3.57. The van der Waals surface area contributed by atoms with Gasteiger partial charge in [0.1, 0.15) is 0 Å². The molecule has 1 amide bonds. The van der Waals surface area contributed by atoms with Crippen LogP contribution >= 0.6 is 0 Å². The number of hydrogen-bond acceptors (Lipinski definition) is 3. The van der Waals surface area contributed by atoms with Crippen molar-refractivity contribution in [1.29, 1.82) is 0 Å². The summed E-state index contributed by atoms with van der Waals surface area (Å²) in [4.78, 5) is 13.3. The summed E-state index contributed by atoms with van der Waals surface area (Å²) in [5.41, 5.74) is 0. The molecular weight excluding hydrogens is 168 g/mol. The van der Waals surface area contributed by atoms with E-state index in [1.54, 1.807) is 6.08 Å². The number of rotatable bonds is 4. The number of ether oxygens (including phenoxy) is 1. The second-order valence-electron chi connectivity index (χ2n) is 2.91. The van der Waals surface area contributed by atoms with Crippen LogP contribution in [-0.4, -0.2) is 50.2 Å². The highest BCUT2D eigenvalue weighted by Crippen LogP contribution is 1.96. The Morgan fingerprint density at radius 2 is 2.23 bits per heavy atom. The number of carbonyl (C=O) groups excluding carboxylic acids is 1. The summed E-state index contributed by atoms with van der Waals surface area (Å²) in [6.45, 7) is 7.39. The quantitative estimate of drug-likeness (QED) is 0.478. The zero-order valence-electron chi connectivity index (χ0n) is 7.79. The molecule has 1 rings (SSSR count). The number of nitrogens with one attached hydrogen (secondary N) is 1. The Hall–Kier alpha value is -0.870. The number of morpholine rings is 1. The summed E-state index contributed by atoms with van der Waals surface area (Å²) in [7, 11) is 0. The number of carbonyl (C=O) groups is 1. The Labute approximate surface area is 78.5 Å². The molecule has 1 aliphatic heterocycles. The summed E-state index contributed by atoms with van der Waals surface area (Å²) in [5, 5.41) is 2.98. The van der Waals surface area contributed by atoms with Gasteiger partial charge in [-0.25, -0.2) is 0 Å². The van der Waals surface area contributed by atoms with E-state index < -0.39 is 0 Å². The highest BCUT2D eigenvalue weighted by atomic mass is 16.5. The first-order chi connectivity index (χ1) is 6.34. The normalized spacial score (nSPS) is 17.1. The van der Waals surface area contributed by atoms with E-state index in [4.69, 9.17) is 4.74 Å². The maximum Gasteiger partial charge on any atom is 0.236 e. The first kappa shape index (κ1) is 10.2. The lowest BCUT2D eigenvalue weighted by Gasteiger charge is -2.26. The molecule has 0 atom stereocenters. The van der Waals surface area contributed by atoms with E-state index >= 15 is 0 Å². The van der Waals surface area contributed by atoms with Gasteiger partial charge in [0.05, 0.1) is 19.8 Å². The fourth-order valence-corrected chi connectivity index (χ4v) is 1.21. The van der Waals surface area contributed by atoms with Crippen LogP contribution in [0.2, 0.25) is 0 Å². The Morgan fingerprint density at radius 3 is 2.85 bits per heavy atom. The summed E-state index contributed by atoms with van der Waals surface area (Å²) >= 11 is 0. The molecule has 1 N–H and O–H groups in total. The SMILES string of the molecule is C=CCNCC(=O)N1CCOCC1. The Bertz CT molecular complexity index is 176. The standard InChI is InChI=1S/C9H16N2O2/c1-2-3-10-8-9(12)11-4-6-13-7-5-11/h2,10H,1,3-8H2. The number of hydrogen-bond donors (Lipinski definition) is 1. The fourth-order valence-electron chi connectivity index (χ4n) is 1.21. The van der Waals surface area contributed by atoms with Crippen LogP contribution in [0.1, 0.15) is 0 Å². The maximum atomic E-state index is 11.4. The molecule has 1 saturated heterocycles. The van der Waals surface area contributed by atoms with Gasteiger partial charge in [-0.15, -0.1) is 6.58 Å². The van der Waals surface area contributed by atoms with Gasteiger partial charge in [-0.2, -0.15) is 0 Å². The van der Waals surface area contributed by atoms with Gasteiger partial charge in [0.2, 0.25) is 5.91 Å². The molecule has 0 spiro atoms. The predicted molar refractivity (Wildman–Crippen MR) is 50.5 cm³/mol. The average molecular weight is 184 g/mol. The van der Waals surface area contributed by atoms with E-state index in [-0.39, 0.29) is 5.91 Å². The number of nitrogens with zero attached hydrogens (tertiary/aromatic N) is 1. The molecule has 1 aliphatic rings. The molecule has 4 heteroatoms. The van der Waals surface area contributed by atoms with Crippen molar-refractivity contribution in [3.63, 3.8) is 0 Å². The van der Waals surface area contributed by atoms with E-state index in [0.717, 1.165) is 0 Å². The van der Waals surface area contributed by atoms with Crippen LogP contribution in [-0.2, 0) is 9.53 Å². The molecule has 0 unspecified atom stereocenters. The molecule has 0 saturated carbocycles. The maximum absolute atomic E-state index is 11.4. The highest BCUT2D eigenvalue weighted by molar-refractivity contribution is 5.78. The van der Waals surface area contributed by atoms with Crippen molar-refractivity contribution in [1.82, 2.24) is 10.2 Å². The van der Waals surface area contributed by atoms with Gasteiger partial charge in [0, 0.05) is 19.6 Å². The van der Waals surface area contributed by atoms with Gasteiger partial charge >= 0.3 is 0 Å². The number of amides is 1. The summed E-state index contributed by atoms with van der Waals surface area (Å²) in [6.07, 6.45) is 1.74. The lowest BCUT2D eigenvalue weighted by Crippen LogP contribution is -2.44. The van der Waals surface area contributed by atoms with Crippen molar-refractivity contribution in [3.8, 4) is 0 Å². The molecule has 4 nitrogen and oxygen atoms in total. The minimum absolute atomic E-state index is 0.144. The van der Waals surface area contributed by atoms with Gasteiger partial charge in [-0.05, 0) is 0 Å². The topological polar surface area (TPSA) is 41.6 Å². The molecular formula is C9H16N2O2. The second kappa shape index (κ2) is 5.72. The molecule has 0 bridgehead atoms. The van der Waals surface area contributed by atoms with Crippen LogP contribution in [0.3, 0.4) is 0 Å². The average Bonchev–Trinajstić information content (AvgIpc) is 2.19. The van der Waals surface area contributed by atoms with Gasteiger partial charge < -0.3 is 15.0 Å². The van der Waals surface area contributed by atoms with Gasteiger partial charge in [-0.3, -0.25) is 4.79 Å². The van der Waals surface area contributed by atoms with E-state index in [1.165, 1.54) is 0 Å². The summed E-state index contributed by atoms with van der Waals surface area (Å²) in [6, 6.07) is 0. The van der Waals surface area contributed by atoms with Gasteiger partial charge in [0.15, 0.2) is 0 Å². The van der Waals surface area contributed by atoms with Crippen molar-refractivity contribution < 1.29 is 9.53 Å². The minimum Gasteiger partial charge on any atom is -0.378 e. The molecule has 0 aromatic heterocycles. The minimum atomic E-state index is 0.144. The van der Waals surface area contributed by atoms with E-state index in [1.807, 2.05) is 4.90 Å². The smallest absolute Gasteiger partial charge is 0.236 e. The monoisotopic (exact) mass is 184 g/mol. The molecule has 0 aromatic carbocycles. The Kier molecular flexibility index (Phi) is 4.49. The van der Waals surface area contributed by atoms with Crippen LogP contribution in [0.5, 0.6) is 0 Å². The van der Waals surface area contributed by atoms with E-state index in [2.05, 4.69) is 11.9 Å².